The van der Waals surface area contributed by atoms with E-state index >= 15 is 0 Å². The van der Waals surface area contributed by atoms with Gasteiger partial charge in [0, 0.05) is 18.0 Å². The van der Waals surface area contributed by atoms with E-state index in [1.165, 1.54) is 0 Å². The van der Waals surface area contributed by atoms with Gasteiger partial charge in [0.2, 0.25) is 0 Å². The van der Waals surface area contributed by atoms with Gasteiger partial charge in [0.05, 0.1) is 26.4 Å². The van der Waals surface area contributed by atoms with Crippen LogP contribution in [0.2, 0.25) is 5.02 Å². The third kappa shape index (κ3) is 2.15. The van der Waals surface area contributed by atoms with Gasteiger partial charge in [-0.25, -0.2) is 0 Å². The minimum Gasteiger partial charge on any atom is -0.256 e. The fraction of sp³-hybridized carbons (Fsp3) is 0.0833. The first-order chi connectivity index (χ1) is 7.70. The molecule has 0 bridgehead atoms. The van der Waals surface area contributed by atoms with Crippen molar-refractivity contribution in [2.45, 2.75) is 4.90 Å². The van der Waals surface area contributed by atoms with Crippen LogP contribution in [0.3, 0.4) is 0 Å². The van der Waals surface area contributed by atoms with Crippen LogP contribution in [0.25, 0.3) is 11.3 Å². The van der Waals surface area contributed by atoms with E-state index in [9.17, 15) is 4.21 Å². The Balaban J connectivity index is 2.66. The van der Waals surface area contributed by atoms with E-state index in [2.05, 4.69) is 4.98 Å². The molecule has 16 heavy (non-hydrogen) atoms. The normalized spacial score (nSPS) is 12.4. The minimum atomic E-state index is -1.12. The summed E-state index contributed by atoms with van der Waals surface area (Å²) in [6.07, 6.45) is 3.33. The smallest absolute Gasteiger partial charge is 0.0714 e. The van der Waals surface area contributed by atoms with E-state index in [-0.39, 0.29) is 0 Å². The highest BCUT2D eigenvalue weighted by Crippen LogP contribution is 2.30. The first kappa shape index (κ1) is 11.3. The molecule has 0 amide bonds. The molecule has 2 nitrogen and oxygen atoms in total. The van der Waals surface area contributed by atoms with Crippen molar-refractivity contribution >= 4 is 22.4 Å². The highest BCUT2D eigenvalue weighted by atomic mass is 35.5. The molecule has 1 unspecified atom stereocenters. The highest BCUT2D eigenvalue weighted by Gasteiger charge is 2.12. The molecule has 0 fully saturated rings. The summed E-state index contributed by atoms with van der Waals surface area (Å²) >= 11 is 6.05. The second-order valence-corrected chi connectivity index (χ2v) is 5.01. The van der Waals surface area contributed by atoms with Crippen LogP contribution in [-0.4, -0.2) is 15.4 Å². The molecule has 0 aliphatic heterocycles. The Morgan fingerprint density at radius 1 is 1.19 bits per heavy atom. The lowest BCUT2D eigenvalue weighted by atomic mass is 10.1. The Hall–Kier alpha value is -1.19. The first-order valence-electron chi connectivity index (χ1n) is 4.73. The van der Waals surface area contributed by atoms with Crippen LogP contribution >= 0.6 is 11.6 Å². The van der Waals surface area contributed by atoms with Gasteiger partial charge in [-0.2, -0.15) is 0 Å². The molecule has 0 saturated carbocycles. The minimum absolute atomic E-state index is 0.518. The fourth-order valence-corrected chi connectivity index (χ4v) is 2.85. The third-order valence-corrected chi connectivity index (χ3v) is 3.64. The van der Waals surface area contributed by atoms with Gasteiger partial charge in [-0.3, -0.25) is 9.19 Å². The molecule has 0 aliphatic carbocycles. The summed E-state index contributed by atoms with van der Waals surface area (Å²) in [5.74, 6) is 0. The summed E-state index contributed by atoms with van der Waals surface area (Å²) in [7, 11) is -1.12. The van der Waals surface area contributed by atoms with Gasteiger partial charge >= 0.3 is 0 Å². The molecule has 4 heteroatoms. The zero-order valence-electron chi connectivity index (χ0n) is 8.68. The number of hydrogen-bond acceptors (Lipinski definition) is 2. The first-order valence-corrected chi connectivity index (χ1v) is 6.67. The molecule has 0 radical (unpaired) electrons. The van der Waals surface area contributed by atoms with Crippen LogP contribution in [0.1, 0.15) is 0 Å². The molecule has 1 aromatic carbocycles. The highest BCUT2D eigenvalue weighted by molar-refractivity contribution is 7.84. The average Bonchev–Trinajstić information content (AvgIpc) is 2.29. The predicted molar refractivity (Wildman–Crippen MR) is 67.0 cm³/mol. The average molecular weight is 252 g/mol. The van der Waals surface area contributed by atoms with Gasteiger partial charge in [0.15, 0.2) is 0 Å². The Kier molecular flexibility index (Phi) is 3.36. The molecule has 2 aromatic rings. The molecule has 1 aromatic heterocycles. The van der Waals surface area contributed by atoms with Crippen molar-refractivity contribution in [1.82, 2.24) is 4.98 Å². The summed E-state index contributed by atoms with van der Waals surface area (Å²) in [6, 6.07) is 11.1. The topological polar surface area (TPSA) is 30.0 Å². The molecule has 0 spiro atoms. The van der Waals surface area contributed by atoms with Gasteiger partial charge in [0.1, 0.15) is 0 Å². The standard InChI is InChI=1S/C12H10ClNOS/c1-16(15)12-9(5-4-6-10(12)13)11-7-2-3-8-14-11/h2-8H,1H3. The molecular weight excluding hydrogens is 242 g/mol. The zero-order valence-corrected chi connectivity index (χ0v) is 10.3. The lowest BCUT2D eigenvalue weighted by Gasteiger charge is -2.08. The maximum atomic E-state index is 11.7. The van der Waals surface area contributed by atoms with Gasteiger partial charge in [-0.15, -0.1) is 0 Å². The molecule has 82 valence electrons. The van der Waals surface area contributed by atoms with Crippen molar-refractivity contribution in [1.29, 1.82) is 0 Å². The summed E-state index contributed by atoms with van der Waals surface area (Å²) in [6.45, 7) is 0. The summed E-state index contributed by atoms with van der Waals surface area (Å²) < 4.78 is 11.7. The van der Waals surface area contributed by atoms with Crippen LogP contribution in [0, 0.1) is 0 Å². The van der Waals surface area contributed by atoms with Gasteiger partial charge in [-0.05, 0) is 18.2 Å². The summed E-state index contributed by atoms with van der Waals surface area (Å²) in [4.78, 5) is 4.88. The fourth-order valence-electron chi connectivity index (χ4n) is 1.52. The summed E-state index contributed by atoms with van der Waals surface area (Å²) in [5, 5.41) is 0.518. The number of aromatic nitrogens is 1. The number of benzene rings is 1. The van der Waals surface area contributed by atoms with Crippen molar-refractivity contribution in [3.63, 3.8) is 0 Å². The Morgan fingerprint density at radius 2 is 2.00 bits per heavy atom. The van der Waals surface area contributed by atoms with E-state index in [1.807, 2.05) is 30.3 Å². The predicted octanol–water partition coefficient (Wildman–Crippen LogP) is 3.14. The molecule has 2 rings (SSSR count). The molecular formula is C12H10ClNOS. The Labute approximate surface area is 102 Å². The molecule has 0 N–H and O–H groups in total. The quantitative estimate of drug-likeness (QED) is 0.821. The zero-order chi connectivity index (χ0) is 11.5. The van der Waals surface area contributed by atoms with Gasteiger partial charge in [-0.1, -0.05) is 29.8 Å². The Morgan fingerprint density at radius 3 is 2.62 bits per heavy atom. The maximum absolute atomic E-state index is 11.7. The third-order valence-electron chi connectivity index (χ3n) is 2.20. The maximum Gasteiger partial charge on any atom is 0.0714 e. The van der Waals surface area contributed by atoms with E-state index < -0.39 is 10.8 Å². The number of pyridine rings is 1. The monoisotopic (exact) mass is 251 g/mol. The van der Waals surface area contributed by atoms with Crippen LogP contribution in [0.15, 0.2) is 47.5 Å². The number of hydrogen-bond donors (Lipinski definition) is 0. The van der Waals surface area contributed by atoms with Crippen molar-refractivity contribution in [2.24, 2.45) is 0 Å². The number of halogens is 1. The molecule has 1 atom stereocenters. The van der Waals surface area contributed by atoms with Crippen LogP contribution < -0.4 is 0 Å². The van der Waals surface area contributed by atoms with Crippen LogP contribution in [0.5, 0.6) is 0 Å². The van der Waals surface area contributed by atoms with Gasteiger partial charge in [0.25, 0.3) is 0 Å². The number of nitrogens with zero attached hydrogens (tertiary/aromatic N) is 1. The van der Waals surface area contributed by atoms with Crippen molar-refractivity contribution in [3.8, 4) is 11.3 Å². The lowest BCUT2D eigenvalue weighted by Crippen LogP contribution is -1.94. The second kappa shape index (κ2) is 4.76. The van der Waals surface area contributed by atoms with E-state index in [4.69, 9.17) is 11.6 Å². The van der Waals surface area contributed by atoms with Crippen molar-refractivity contribution in [2.75, 3.05) is 6.26 Å². The SMILES string of the molecule is CS(=O)c1c(Cl)cccc1-c1ccccn1. The molecule has 0 aliphatic rings. The van der Waals surface area contributed by atoms with Crippen molar-refractivity contribution < 1.29 is 4.21 Å². The summed E-state index contributed by atoms with van der Waals surface area (Å²) in [5.41, 5.74) is 1.61. The van der Waals surface area contributed by atoms with E-state index in [1.54, 1.807) is 18.5 Å². The Bertz CT molecular complexity index is 528. The lowest BCUT2D eigenvalue weighted by molar-refractivity contribution is 0.687. The van der Waals surface area contributed by atoms with Crippen LogP contribution in [0.4, 0.5) is 0 Å². The van der Waals surface area contributed by atoms with E-state index in [0.29, 0.717) is 9.92 Å². The van der Waals surface area contributed by atoms with Crippen LogP contribution in [-0.2, 0) is 10.8 Å². The van der Waals surface area contributed by atoms with Gasteiger partial charge < -0.3 is 0 Å². The largest absolute Gasteiger partial charge is 0.256 e. The van der Waals surface area contributed by atoms with Crippen molar-refractivity contribution in [3.05, 3.63) is 47.6 Å². The van der Waals surface area contributed by atoms with E-state index in [0.717, 1.165) is 11.3 Å². The molecule has 0 saturated heterocycles. The molecule has 1 heterocycles. The second-order valence-electron chi connectivity index (χ2n) is 3.29. The number of rotatable bonds is 2.